The van der Waals surface area contributed by atoms with Crippen molar-refractivity contribution >= 4 is 41.2 Å². The lowest BCUT2D eigenvalue weighted by molar-refractivity contribution is 0.0426. The molecule has 0 aliphatic rings. The third-order valence-corrected chi connectivity index (χ3v) is 4.53. The Balaban J connectivity index is 2.51. The Bertz CT molecular complexity index is 1010. The Morgan fingerprint density at radius 2 is 1.55 bits per heavy atom. The van der Waals surface area contributed by atoms with Crippen LogP contribution in [0.2, 0.25) is 10.0 Å². The second-order valence-electron chi connectivity index (χ2n) is 9.03. The van der Waals surface area contributed by atoms with Crippen LogP contribution in [0.15, 0.2) is 24.4 Å². The predicted octanol–water partition coefficient (Wildman–Crippen LogP) is 6.74. The zero-order valence-electron chi connectivity index (χ0n) is 19.4. The highest BCUT2D eigenvalue weighted by atomic mass is 35.5. The van der Waals surface area contributed by atoms with Gasteiger partial charge in [-0.25, -0.2) is 14.0 Å². The van der Waals surface area contributed by atoms with Gasteiger partial charge in [0.1, 0.15) is 23.1 Å². The van der Waals surface area contributed by atoms with Crippen LogP contribution in [0.4, 0.5) is 19.8 Å². The van der Waals surface area contributed by atoms with Crippen LogP contribution in [0.25, 0.3) is 0 Å². The summed E-state index contributed by atoms with van der Waals surface area (Å²) in [4.78, 5) is 26.5. The van der Waals surface area contributed by atoms with Crippen molar-refractivity contribution in [1.29, 1.82) is 0 Å². The Labute approximate surface area is 201 Å². The molecule has 0 saturated carbocycles. The molecule has 180 valence electrons. The Kier molecular flexibility index (Phi) is 8.13. The number of carbonyl (C=O) groups excluding carboxylic acids is 2. The Morgan fingerprint density at radius 1 is 1.00 bits per heavy atom. The largest absolute Gasteiger partial charge is 0.482 e. The summed E-state index contributed by atoms with van der Waals surface area (Å²) in [6, 6.07) is 3.85. The maximum absolute atomic E-state index is 14.0. The van der Waals surface area contributed by atoms with Crippen molar-refractivity contribution in [3.63, 3.8) is 0 Å². The summed E-state index contributed by atoms with van der Waals surface area (Å²) in [6.45, 7) is 11.4. The second-order valence-corrected chi connectivity index (χ2v) is 9.82. The number of nitrogens with zero attached hydrogens (tertiary/aromatic N) is 3. The number of benzene rings is 1. The van der Waals surface area contributed by atoms with Gasteiger partial charge in [0.05, 0.1) is 11.2 Å². The van der Waals surface area contributed by atoms with Gasteiger partial charge in [-0.1, -0.05) is 23.2 Å². The summed E-state index contributed by atoms with van der Waals surface area (Å²) >= 11 is 12.3. The molecule has 11 heteroatoms. The fraction of sp³-hybridized carbons (Fsp3) is 0.455. The van der Waals surface area contributed by atoms with Crippen LogP contribution in [0, 0.1) is 5.82 Å². The molecule has 1 atom stereocenters. The third kappa shape index (κ3) is 7.17. The highest BCUT2D eigenvalue weighted by Gasteiger charge is 2.36. The summed E-state index contributed by atoms with van der Waals surface area (Å²) in [5, 5.41) is 7.61. The highest BCUT2D eigenvalue weighted by molar-refractivity contribution is 6.36. The molecular formula is C22H26Cl2FN3O5. The number of halogens is 3. The van der Waals surface area contributed by atoms with Gasteiger partial charge in [-0.15, -0.1) is 5.10 Å². The van der Waals surface area contributed by atoms with E-state index in [1.807, 2.05) is 0 Å². The zero-order chi connectivity index (χ0) is 25.1. The minimum Gasteiger partial charge on any atom is -0.482 e. The Morgan fingerprint density at radius 3 is 2.06 bits per heavy atom. The SMILES string of the molecule is C[C@H](Oc1ccnnc1N(C(=O)OC(C)(C)C)C(=O)OC(C)(C)C)c1c(Cl)ccc(F)c1Cl. The van der Waals surface area contributed by atoms with E-state index in [9.17, 15) is 14.0 Å². The van der Waals surface area contributed by atoms with Gasteiger partial charge in [0.25, 0.3) is 0 Å². The van der Waals surface area contributed by atoms with Crippen molar-refractivity contribution in [3.05, 3.63) is 45.8 Å². The van der Waals surface area contributed by atoms with Gasteiger partial charge < -0.3 is 14.2 Å². The molecule has 0 spiro atoms. The van der Waals surface area contributed by atoms with E-state index in [4.69, 9.17) is 37.4 Å². The summed E-state index contributed by atoms with van der Waals surface area (Å²) in [7, 11) is 0. The lowest BCUT2D eigenvalue weighted by Crippen LogP contribution is -2.44. The number of imide groups is 1. The number of anilines is 1. The van der Waals surface area contributed by atoms with Crippen LogP contribution >= 0.6 is 23.2 Å². The topological polar surface area (TPSA) is 90.9 Å². The van der Waals surface area contributed by atoms with E-state index in [0.29, 0.717) is 4.90 Å². The molecule has 1 aromatic heterocycles. The van der Waals surface area contributed by atoms with Crippen molar-refractivity contribution < 1.29 is 28.2 Å². The standard InChI is InChI=1S/C22H26Cl2FN3O5/c1-12(16-13(23)8-9-14(25)17(16)24)31-15-10-11-26-27-18(15)28(19(29)32-21(2,3)4)20(30)33-22(5,6)7/h8-12H,1-7H3/t12-/m0/s1. The number of hydrogen-bond acceptors (Lipinski definition) is 7. The normalized spacial score (nSPS) is 12.7. The van der Waals surface area contributed by atoms with Gasteiger partial charge in [-0.05, 0) is 60.6 Å². The fourth-order valence-electron chi connectivity index (χ4n) is 2.59. The molecule has 8 nitrogen and oxygen atoms in total. The third-order valence-electron chi connectivity index (χ3n) is 3.82. The predicted molar refractivity (Wildman–Crippen MR) is 122 cm³/mol. The van der Waals surface area contributed by atoms with Gasteiger partial charge in [0.2, 0.25) is 5.82 Å². The molecule has 0 saturated heterocycles. The number of hydrogen-bond donors (Lipinski definition) is 0. The molecule has 2 aromatic rings. The number of carbonyl (C=O) groups is 2. The first kappa shape index (κ1) is 26.6. The quantitative estimate of drug-likeness (QED) is 0.428. The van der Waals surface area contributed by atoms with E-state index in [1.54, 1.807) is 48.5 Å². The monoisotopic (exact) mass is 501 g/mol. The maximum atomic E-state index is 14.0. The van der Waals surface area contributed by atoms with Crippen molar-refractivity contribution in [2.75, 3.05) is 4.90 Å². The minimum atomic E-state index is -1.04. The fourth-order valence-corrected chi connectivity index (χ4v) is 3.27. The lowest BCUT2D eigenvalue weighted by atomic mass is 10.1. The molecule has 0 N–H and O–H groups in total. The molecule has 0 aliphatic carbocycles. The molecule has 33 heavy (non-hydrogen) atoms. The molecule has 1 heterocycles. The van der Waals surface area contributed by atoms with Crippen molar-refractivity contribution in [3.8, 4) is 5.75 Å². The van der Waals surface area contributed by atoms with Crippen LogP contribution < -0.4 is 9.64 Å². The summed E-state index contributed by atoms with van der Waals surface area (Å²) < 4.78 is 30.6. The molecule has 0 unspecified atom stereocenters. The molecular weight excluding hydrogens is 476 g/mol. The number of ether oxygens (including phenoxy) is 3. The van der Waals surface area contributed by atoms with Gasteiger partial charge in [0.15, 0.2) is 5.75 Å². The lowest BCUT2D eigenvalue weighted by Gasteiger charge is -2.29. The maximum Gasteiger partial charge on any atom is 0.425 e. The molecule has 1 aromatic carbocycles. The first-order valence-corrected chi connectivity index (χ1v) is 10.7. The minimum absolute atomic E-state index is 0.0365. The van der Waals surface area contributed by atoms with Crippen LogP contribution in [-0.2, 0) is 9.47 Å². The van der Waals surface area contributed by atoms with Crippen LogP contribution in [0.5, 0.6) is 5.75 Å². The number of amides is 2. The van der Waals surface area contributed by atoms with E-state index >= 15 is 0 Å². The first-order valence-electron chi connectivity index (χ1n) is 9.98. The van der Waals surface area contributed by atoms with Gasteiger partial charge >= 0.3 is 12.2 Å². The van der Waals surface area contributed by atoms with Crippen LogP contribution in [0.3, 0.4) is 0 Å². The first-order chi connectivity index (χ1) is 15.1. The second kappa shape index (κ2) is 10.1. The summed E-state index contributed by atoms with van der Waals surface area (Å²) in [5.74, 6) is -0.995. The highest BCUT2D eigenvalue weighted by Crippen LogP contribution is 2.37. The molecule has 2 amide bonds. The average molecular weight is 502 g/mol. The smallest absolute Gasteiger partial charge is 0.425 e. The zero-order valence-corrected chi connectivity index (χ0v) is 20.9. The van der Waals surface area contributed by atoms with Gasteiger partial charge in [0, 0.05) is 16.7 Å². The van der Waals surface area contributed by atoms with Crippen molar-refractivity contribution in [2.24, 2.45) is 0 Å². The van der Waals surface area contributed by atoms with Crippen molar-refractivity contribution in [1.82, 2.24) is 10.2 Å². The van der Waals surface area contributed by atoms with E-state index < -0.39 is 35.3 Å². The van der Waals surface area contributed by atoms with Gasteiger partial charge in [-0.3, -0.25) is 0 Å². The average Bonchev–Trinajstić information content (AvgIpc) is 2.63. The molecule has 0 fully saturated rings. The van der Waals surface area contributed by atoms with Crippen molar-refractivity contribution in [2.45, 2.75) is 65.8 Å². The van der Waals surface area contributed by atoms with Crippen LogP contribution in [-0.4, -0.2) is 33.6 Å². The van der Waals surface area contributed by atoms with E-state index in [2.05, 4.69) is 10.2 Å². The summed E-state index contributed by atoms with van der Waals surface area (Å²) in [6.07, 6.45) is -1.68. The van der Waals surface area contributed by atoms with E-state index in [1.165, 1.54) is 18.3 Å². The van der Waals surface area contributed by atoms with Gasteiger partial charge in [-0.2, -0.15) is 10.00 Å². The van der Waals surface area contributed by atoms with E-state index in [-0.39, 0.29) is 27.2 Å². The summed E-state index contributed by atoms with van der Waals surface area (Å²) in [5.41, 5.74) is -1.66. The molecule has 0 aliphatic heterocycles. The number of aromatic nitrogens is 2. The molecule has 0 bridgehead atoms. The number of rotatable bonds is 4. The Hall–Kier alpha value is -2.65. The molecule has 2 rings (SSSR count). The molecule has 0 radical (unpaired) electrons. The van der Waals surface area contributed by atoms with E-state index in [0.717, 1.165) is 6.07 Å². The van der Waals surface area contributed by atoms with Crippen LogP contribution in [0.1, 0.15) is 60.1 Å².